The molecule has 1 aliphatic rings. The van der Waals surface area contributed by atoms with E-state index in [-0.39, 0.29) is 29.2 Å². The standard InChI is InChI=1S/C28H23F3N8O2/c1-41-19-9-5-16(6-10-19)14-39-15-33-23-25(34-18-11-12-32-22(13-18)36-27(40)17-7-8-17)37-24(38-26(23)39)20-3-2-4-21(35-20)28(29,30)31/h2-6,9-13,15,17H,7-8,14H2,1H3,(H2,32,34,36,37,38,40). The number of nitrogens with zero attached hydrogens (tertiary/aromatic N) is 6. The fourth-order valence-corrected chi connectivity index (χ4v) is 4.19. The highest BCUT2D eigenvalue weighted by molar-refractivity contribution is 5.94. The largest absolute Gasteiger partial charge is 0.497 e. The number of aromatic nitrogens is 6. The molecule has 1 aromatic carbocycles. The third kappa shape index (κ3) is 5.78. The van der Waals surface area contributed by atoms with Crippen molar-refractivity contribution in [3.63, 3.8) is 0 Å². The monoisotopic (exact) mass is 560 g/mol. The number of pyridine rings is 2. The molecular formula is C28H23F3N8O2. The van der Waals surface area contributed by atoms with Gasteiger partial charge in [0, 0.05) is 23.9 Å². The van der Waals surface area contributed by atoms with Gasteiger partial charge in [0.15, 0.2) is 22.8 Å². The summed E-state index contributed by atoms with van der Waals surface area (Å²) in [6.07, 6.45) is 0.199. The number of fused-ring (bicyclic) bond motifs is 1. The van der Waals surface area contributed by atoms with Crippen LogP contribution in [0.1, 0.15) is 24.1 Å². The minimum absolute atomic E-state index is 0.00657. The molecule has 208 valence electrons. The van der Waals surface area contributed by atoms with Gasteiger partial charge in [-0.15, -0.1) is 0 Å². The SMILES string of the molecule is COc1ccc(Cn2cnc3c(Nc4ccnc(NC(=O)C5CC5)c4)nc(-c4cccc(C(F)(F)F)n4)nc32)cc1. The molecule has 5 aromatic rings. The highest BCUT2D eigenvalue weighted by atomic mass is 19.4. The number of halogens is 3. The first-order valence-corrected chi connectivity index (χ1v) is 12.7. The van der Waals surface area contributed by atoms with Crippen molar-refractivity contribution < 1.29 is 22.7 Å². The average molecular weight is 561 g/mol. The van der Waals surface area contributed by atoms with Gasteiger partial charge >= 0.3 is 6.18 Å². The van der Waals surface area contributed by atoms with Crippen LogP contribution >= 0.6 is 0 Å². The molecule has 1 aliphatic carbocycles. The molecule has 4 heterocycles. The molecule has 1 fully saturated rings. The molecule has 1 saturated carbocycles. The summed E-state index contributed by atoms with van der Waals surface area (Å²) in [5.74, 6) is 1.23. The Bertz CT molecular complexity index is 1730. The molecule has 0 spiro atoms. The number of carbonyl (C=O) groups is 1. The number of alkyl halides is 3. The van der Waals surface area contributed by atoms with Gasteiger partial charge in [-0.05, 0) is 48.7 Å². The van der Waals surface area contributed by atoms with Crippen LogP contribution in [0.25, 0.3) is 22.7 Å². The van der Waals surface area contributed by atoms with Crippen molar-refractivity contribution in [1.82, 2.24) is 29.5 Å². The smallest absolute Gasteiger partial charge is 0.433 e. The van der Waals surface area contributed by atoms with Gasteiger partial charge in [-0.2, -0.15) is 13.2 Å². The maximum absolute atomic E-state index is 13.4. The molecule has 0 unspecified atom stereocenters. The number of hydrogen-bond donors (Lipinski definition) is 2. The molecule has 2 N–H and O–H groups in total. The number of amides is 1. The van der Waals surface area contributed by atoms with Crippen LogP contribution in [0.4, 0.5) is 30.5 Å². The number of rotatable bonds is 8. The molecule has 0 saturated heterocycles. The lowest BCUT2D eigenvalue weighted by atomic mass is 10.2. The predicted molar refractivity (Wildman–Crippen MR) is 145 cm³/mol. The lowest BCUT2D eigenvalue weighted by molar-refractivity contribution is -0.141. The molecule has 6 rings (SSSR count). The Kier molecular flexibility index (Phi) is 6.69. The minimum Gasteiger partial charge on any atom is -0.497 e. The Hall–Kier alpha value is -5.07. The van der Waals surface area contributed by atoms with Crippen LogP contribution in [0.3, 0.4) is 0 Å². The molecule has 0 radical (unpaired) electrons. The zero-order valence-corrected chi connectivity index (χ0v) is 21.7. The second-order valence-corrected chi connectivity index (χ2v) is 9.51. The second kappa shape index (κ2) is 10.5. The van der Waals surface area contributed by atoms with Crippen LogP contribution in [0.2, 0.25) is 0 Å². The molecule has 41 heavy (non-hydrogen) atoms. The van der Waals surface area contributed by atoms with E-state index in [4.69, 9.17) is 4.74 Å². The maximum Gasteiger partial charge on any atom is 0.433 e. The van der Waals surface area contributed by atoms with E-state index in [1.54, 1.807) is 30.1 Å². The van der Waals surface area contributed by atoms with Crippen LogP contribution in [0.5, 0.6) is 5.75 Å². The zero-order chi connectivity index (χ0) is 28.6. The topological polar surface area (TPSA) is 120 Å². The normalized spacial score (nSPS) is 13.3. The summed E-state index contributed by atoms with van der Waals surface area (Å²) in [6, 6.07) is 14.4. The summed E-state index contributed by atoms with van der Waals surface area (Å²) in [6.45, 7) is 0.388. The fourth-order valence-electron chi connectivity index (χ4n) is 4.19. The van der Waals surface area contributed by atoms with Crippen molar-refractivity contribution in [3.8, 4) is 17.3 Å². The Morgan fingerprint density at radius 2 is 1.85 bits per heavy atom. The molecule has 0 bridgehead atoms. The van der Waals surface area contributed by atoms with Gasteiger partial charge in [-0.25, -0.2) is 24.9 Å². The van der Waals surface area contributed by atoms with Crippen molar-refractivity contribution in [2.24, 2.45) is 5.92 Å². The van der Waals surface area contributed by atoms with Crippen molar-refractivity contribution in [2.45, 2.75) is 25.6 Å². The van der Waals surface area contributed by atoms with Gasteiger partial charge in [-0.1, -0.05) is 18.2 Å². The summed E-state index contributed by atoms with van der Waals surface area (Å²) in [5.41, 5.74) is 1.17. The quantitative estimate of drug-likeness (QED) is 0.257. The maximum atomic E-state index is 13.4. The van der Waals surface area contributed by atoms with Crippen molar-refractivity contribution in [2.75, 3.05) is 17.7 Å². The lowest BCUT2D eigenvalue weighted by Gasteiger charge is -2.12. The van der Waals surface area contributed by atoms with E-state index in [1.165, 1.54) is 18.3 Å². The number of hydrogen-bond acceptors (Lipinski definition) is 8. The predicted octanol–water partition coefficient (Wildman–Crippen LogP) is 5.45. The van der Waals surface area contributed by atoms with E-state index in [2.05, 4.69) is 35.6 Å². The summed E-state index contributed by atoms with van der Waals surface area (Å²) in [5, 5.41) is 5.96. The second-order valence-electron chi connectivity index (χ2n) is 9.51. The van der Waals surface area contributed by atoms with Gasteiger partial charge in [0.05, 0.1) is 20.0 Å². The van der Waals surface area contributed by atoms with E-state index >= 15 is 0 Å². The molecule has 10 nitrogen and oxygen atoms in total. The van der Waals surface area contributed by atoms with Crippen molar-refractivity contribution >= 4 is 34.4 Å². The fraction of sp³-hybridized carbons (Fsp3) is 0.214. The first-order chi connectivity index (χ1) is 19.8. The van der Waals surface area contributed by atoms with Gasteiger partial charge < -0.3 is 19.9 Å². The molecule has 1 amide bonds. The number of ether oxygens (including phenoxy) is 1. The van der Waals surface area contributed by atoms with E-state index in [9.17, 15) is 18.0 Å². The number of carbonyl (C=O) groups excluding carboxylic acids is 1. The Morgan fingerprint density at radius 1 is 1.05 bits per heavy atom. The Morgan fingerprint density at radius 3 is 2.59 bits per heavy atom. The highest BCUT2D eigenvalue weighted by Gasteiger charge is 2.33. The van der Waals surface area contributed by atoms with Gasteiger partial charge in [0.25, 0.3) is 0 Å². The highest BCUT2D eigenvalue weighted by Crippen LogP contribution is 2.32. The molecular weight excluding hydrogens is 537 g/mol. The van der Waals surface area contributed by atoms with E-state index in [0.717, 1.165) is 24.5 Å². The van der Waals surface area contributed by atoms with E-state index in [1.807, 2.05) is 24.3 Å². The lowest BCUT2D eigenvalue weighted by Crippen LogP contribution is -2.14. The molecule has 4 aromatic heterocycles. The first kappa shape index (κ1) is 26.2. The van der Waals surface area contributed by atoms with E-state index < -0.39 is 11.9 Å². The summed E-state index contributed by atoms with van der Waals surface area (Å²) in [7, 11) is 1.58. The van der Waals surface area contributed by atoms with Crippen molar-refractivity contribution in [1.29, 1.82) is 0 Å². The third-order valence-electron chi connectivity index (χ3n) is 6.47. The minimum atomic E-state index is -4.63. The summed E-state index contributed by atoms with van der Waals surface area (Å²) < 4.78 is 47.3. The third-order valence-corrected chi connectivity index (χ3v) is 6.47. The summed E-state index contributed by atoms with van der Waals surface area (Å²) >= 11 is 0. The Balaban J connectivity index is 1.40. The number of imidazole rings is 1. The number of benzene rings is 1. The molecule has 0 aliphatic heterocycles. The molecule has 13 heteroatoms. The van der Waals surface area contributed by atoms with Crippen LogP contribution in [0.15, 0.2) is 67.1 Å². The van der Waals surface area contributed by atoms with Crippen LogP contribution in [0, 0.1) is 5.92 Å². The number of nitrogens with one attached hydrogen (secondary N) is 2. The van der Waals surface area contributed by atoms with Gasteiger partial charge in [0.2, 0.25) is 5.91 Å². The Labute approximate surface area is 231 Å². The summed E-state index contributed by atoms with van der Waals surface area (Å²) in [4.78, 5) is 33.8. The molecule has 0 atom stereocenters. The van der Waals surface area contributed by atoms with Crippen LogP contribution in [-0.4, -0.2) is 42.5 Å². The van der Waals surface area contributed by atoms with Crippen molar-refractivity contribution in [3.05, 3.63) is 78.4 Å². The first-order valence-electron chi connectivity index (χ1n) is 12.7. The zero-order valence-electron chi connectivity index (χ0n) is 21.7. The average Bonchev–Trinajstić information content (AvgIpc) is 3.75. The van der Waals surface area contributed by atoms with Crippen LogP contribution in [-0.2, 0) is 17.5 Å². The van der Waals surface area contributed by atoms with E-state index in [0.29, 0.717) is 35.0 Å². The van der Waals surface area contributed by atoms with Gasteiger partial charge in [-0.3, -0.25) is 4.79 Å². The van der Waals surface area contributed by atoms with Crippen LogP contribution < -0.4 is 15.4 Å². The van der Waals surface area contributed by atoms with Gasteiger partial charge in [0.1, 0.15) is 23.0 Å². The number of methoxy groups -OCH3 is 1. The number of anilines is 3.